The van der Waals surface area contributed by atoms with Crippen molar-refractivity contribution in [3.05, 3.63) is 65.9 Å². The summed E-state index contributed by atoms with van der Waals surface area (Å²) < 4.78 is 2.22. The van der Waals surface area contributed by atoms with E-state index in [0.717, 1.165) is 25.2 Å². The van der Waals surface area contributed by atoms with Crippen LogP contribution in [-0.4, -0.2) is 16.2 Å². The molecule has 2 N–H and O–H groups in total. The molecule has 0 aliphatic carbocycles. The van der Waals surface area contributed by atoms with Gasteiger partial charge >= 0.3 is 0 Å². The first-order valence-electron chi connectivity index (χ1n) is 7.32. The topological polar surface area (TPSA) is 37.2 Å². The van der Waals surface area contributed by atoms with Crippen molar-refractivity contribution in [3.8, 4) is 5.75 Å². The Labute approximate surface area is 124 Å². The first-order valence-corrected chi connectivity index (χ1v) is 7.32. The molecule has 1 heterocycles. The third-order valence-electron chi connectivity index (χ3n) is 3.68. The zero-order chi connectivity index (χ0) is 14.7. The van der Waals surface area contributed by atoms with Crippen molar-refractivity contribution >= 4 is 10.9 Å². The van der Waals surface area contributed by atoms with Crippen LogP contribution in [0, 0.1) is 0 Å². The van der Waals surface area contributed by atoms with Crippen LogP contribution in [0.15, 0.2) is 54.7 Å². The van der Waals surface area contributed by atoms with Crippen LogP contribution in [-0.2, 0) is 13.1 Å². The Bertz CT molecular complexity index is 746. The number of hydrogen-bond acceptors (Lipinski definition) is 2. The standard InChI is InChI=1S/C18H20N2O/c1-2-19-12-14-6-7-16-8-9-20(18(16)11-14)13-15-4-3-5-17(21)10-15/h3-11,19,21H,2,12-13H2,1H3. The minimum absolute atomic E-state index is 0.316. The number of aromatic hydroxyl groups is 1. The molecule has 3 heteroatoms. The van der Waals surface area contributed by atoms with Crippen molar-refractivity contribution in [1.82, 2.24) is 9.88 Å². The quantitative estimate of drug-likeness (QED) is 0.750. The first kappa shape index (κ1) is 13.7. The molecule has 1 aromatic heterocycles. The van der Waals surface area contributed by atoms with Crippen molar-refractivity contribution in [3.63, 3.8) is 0 Å². The highest BCUT2D eigenvalue weighted by Crippen LogP contribution is 2.20. The predicted octanol–water partition coefficient (Wildman–Crippen LogP) is 3.50. The molecule has 108 valence electrons. The third kappa shape index (κ3) is 3.09. The summed E-state index contributed by atoms with van der Waals surface area (Å²) in [6.07, 6.45) is 2.10. The number of nitrogens with one attached hydrogen (secondary N) is 1. The van der Waals surface area contributed by atoms with E-state index in [9.17, 15) is 5.11 Å². The van der Waals surface area contributed by atoms with Gasteiger partial charge in [-0.2, -0.15) is 0 Å². The first-order chi connectivity index (χ1) is 10.3. The number of phenolic OH excluding ortho intramolecular Hbond substituents is 1. The molecule has 0 aliphatic heterocycles. The molecule has 0 saturated carbocycles. The maximum absolute atomic E-state index is 9.58. The largest absolute Gasteiger partial charge is 0.508 e. The molecule has 3 nitrogen and oxygen atoms in total. The van der Waals surface area contributed by atoms with E-state index in [1.807, 2.05) is 18.2 Å². The lowest BCUT2D eigenvalue weighted by Crippen LogP contribution is -2.11. The van der Waals surface area contributed by atoms with Gasteiger partial charge in [-0.15, -0.1) is 0 Å². The Morgan fingerprint density at radius 3 is 2.76 bits per heavy atom. The van der Waals surface area contributed by atoms with E-state index < -0.39 is 0 Å². The van der Waals surface area contributed by atoms with E-state index in [0.29, 0.717) is 5.75 Å². The summed E-state index contributed by atoms with van der Waals surface area (Å²) in [6.45, 7) is 4.75. The number of benzene rings is 2. The van der Waals surface area contributed by atoms with Crippen LogP contribution in [0.3, 0.4) is 0 Å². The highest BCUT2D eigenvalue weighted by molar-refractivity contribution is 5.81. The van der Waals surface area contributed by atoms with Gasteiger partial charge < -0.3 is 15.0 Å². The van der Waals surface area contributed by atoms with Crippen LogP contribution in [0.5, 0.6) is 5.75 Å². The summed E-state index contributed by atoms with van der Waals surface area (Å²) in [5.41, 5.74) is 3.62. The predicted molar refractivity (Wildman–Crippen MR) is 86.5 cm³/mol. The average Bonchev–Trinajstić information content (AvgIpc) is 2.88. The second-order valence-corrected chi connectivity index (χ2v) is 5.29. The van der Waals surface area contributed by atoms with Crippen LogP contribution in [0.1, 0.15) is 18.1 Å². The molecule has 3 aromatic rings. The number of nitrogens with zero attached hydrogens (tertiary/aromatic N) is 1. The van der Waals surface area contributed by atoms with Gasteiger partial charge in [0.1, 0.15) is 5.75 Å². The lowest BCUT2D eigenvalue weighted by Gasteiger charge is -2.08. The van der Waals surface area contributed by atoms with Gasteiger partial charge in [0.2, 0.25) is 0 Å². The van der Waals surface area contributed by atoms with Crippen LogP contribution < -0.4 is 5.32 Å². The minimum Gasteiger partial charge on any atom is -0.508 e. The molecule has 0 radical (unpaired) electrons. The summed E-state index contributed by atoms with van der Waals surface area (Å²) in [5.74, 6) is 0.316. The van der Waals surface area contributed by atoms with Gasteiger partial charge in [0, 0.05) is 24.8 Å². The number of aromatic nitrogens is 1. The number of hydrogen-bond donors (Lipinski definition) is 2. The minimum atomic E-state index is 0.316. The van der Waals surface area contributed by atoms with E-state index >= 15 is 0 Å². The summed E-state index contributed by atoms with van der Waals surface area (Å²) in [4.78, 5) is 0. The average molecular weight is 280 g/mol. The molecule has 0 spiro atoms. The fraction of sp³-hybridized carbons (Fsp3) is 0.222. The molecule has 0 bridgehead atoms. The number of fused-ring (bicyclic) bond motifs is 1. The van der Waals surface area contributed by atoms with Crippen molar-refractivity contribution in [1.29, 1.82) is 0 Å². The zero-order valence-corrected chi connectivity index (χ0v) is 12.2. The molecule has 0 amide bonds. The number of rotatable bonds is 5. The van der Waals surface area contributed by atoms with E-state index in [1.165, 1.54) is 16.5 Å². The van der Waals surface area contributed by atoms with Gasteiger partial charge in [-0.25, -0.2) is 0 Å². The molecule has 0 atom stereocenters. The van der Waals surface area contributed by atoms with Crippen molar-refractivity contribution in [2.24, 2.45) is 0 Å². The molecular formula is C18H20N2O. The molecule has 21 heavy (non-hydrogen) atoms. The van der Waals surface area contributed by atoms with Crippen molar-refractivity contribution in [2.75, 3.05) is 6.54 Å². The fourth-order valence-electron chi connectivity index (χ4n) is 2.60. The number of phenols is 1. The normalized spacial score (nSPS) is 11.1. The van der Waals surface area contributed by atoms with E-state index in [1.54, 1.807) is 6.07 Å². The molecule has 2 aromatic carbocycles. The smallest absolute Gasteiger partial charge is 0.115 e. The molecule has 0 aliphatic rings. The maximum atomic E-state index is 9.58. The highest BCUT2D eigenvalue weighted by atomic mass is 16.3. The van der Waals surface area contributed by atoms with E-state index in [2.05, 4.69) is 47.3 Å². The van der Waals surface area contributed by atoms with E-state index in [4.69, 9.17) is 0 Å². The summed E-state index contributed by atoms with van der Waals surface area (Å²) in [5, 5.41) is 14.2. The Morgan fingerprint density at radius 1 is 1.05 bits per heavy atom. The molecule has 0 fully saturated rings. The van der Waals surface area contributed by atoms with Gasteiger partial charge in [0.15, 0.2) is 0 Å². The summed E-state index contributed by atoms with van der Waals surface area (Å²) in [6, 6.07) is 16.1. The highest BCUT2D eigenvalue weighted by Gasteiger charge is 2.04. The lowest BCUT2D eigenvalue weighted by molar-refractivity contribution is 0.474. The second-order valence-electron chi connectivity index (χ2n) is 5.29. The SMILES string of the molecule is CCNCc1ccc2ccn(Cc3cccc(O)c3)c2c1. The fourth-order valence-corrected chi connectivity index (χ4v) is 2.60. The third-order valence-corrected chi connectivity index (χ3v) is 3.68. The van der Waals surface area contributed by atoms with Crippen molar-refractivity contribution in [2.45, 2.75) is 20.0 Å². The Morgan fingerprint density at radius 2 is 1.95 bits per heavy atom. The van der Waals surface area contributed by atoms with Crippen LogP contribution >= 0.6 is 0 Å². The molecule has 0 unspecified atom stereocenters. The summed E-state index contributed by atoms with van der Waals surface area (Å²) in [7, 11) is 0. The second kappa shape index (κ2) is 6.02. The summed E-state index contributed by atoms with van der Waals surface area (Å²) >= 11 is 0. The van der Waals surface area contributed by atoms with Crippen LogP contribution in [0.25, 0.3) is 10.9 Å². The molecule has 0 saturated heterocycles. The van der Waals surface area contributed by atoms with Gasteiger partial charge in [-0.1, -0.05) is 31.2 Å². The lowest BCUT2D eigenvalue weighted by atomic mass is 10.1. The van der Waals surface area contributed by atoms with Gasteiger partial charge in [-0.3, -0.25) is 0 Å². The Hall–Kier alpha value is -2.26. The van der Waals surface area contributed by atoms with Crippen LogP contribution in [0.4, 0.5) is 0 Å². The molecule has 3 rings (SSSR count). The van der Waals surface area contributed by atoms with Gasteiger partial charge in [-0.05, 0) is 47.3 Å². The van der Waals surface area contributed by atoms with Crippen LogP contribution in [0.2, 0.25) is 0 Å². The molecular weight excluding hydrogens is 260 g/mol. The van der Waals surface area contributed by atoms with Gasteiger partial charge in [0.05, 0.1) is 0 Å². The van der Waals surface area contributed by atoms with Crippen molar-refractivity contribution < 1.29 is 5.11 Å². The van der Waals surface area contributed by atoms with Gasteiger partial charge in [0.25, 0.3) is 0 Å². The monoisotopic (exact) mass is 280 g/mol. The Balaban J connectivity index is 1.91. The van der Waals surface area contributed by atoms with E-state index in [-0.39, 0.29) is 0 Å². The Kier molecular flexibility index (Phi) is 3.93. The maximum Gasteiger partial charge on any atom is 0.115 e. The zero-order valence-electron chi connectivity index (χ0n) is 12.2.